The van der Waals surface area contributed by atoms with Gasteiger partial charge in [0.15, 0.2) is 24.7 Å². The molecule has 0 atom stereocenters. The molecule has 0 fully saturated rings. The van der Waals surface area contributed by atoms with Crippen molar-refractivity contribution >= 4 is 17.6 Å². The maximum absolute atomic E-state index is 12.3. The minimum atomic E-state index is -0.640. The average Bonchev–Trinajstić information content (AvgIpc) is 2.79. The van der Waals surface area contributed by atoms with Gasteiger partial charge in [0.1, 0.15) is 0 Å². The molecule has 6 nitrogen and oxygen atoms in total. The predicted octanol–water partition coefficient (Wildman–Crippen LogP) is 4.24. The summed E-state index contributed by atoms with van der Waals surface area (Å²) in [5, 5.41) is 2.81. The molecule has 0 heterocycles. The van der Waals surface area contributed by atoms with E-state index in [-0.39, 0.29) is 6.61 Å². The number of ether oxygens (including phenoxy) is 3. The summed E-state index contributed by atoms with van der Waals surface area (Å²) in [5.41, 5.74) is 2.80. The number of carbonyl (C=O) groups is 2. The van der Waals surface area contributed by atoms with E-state index in [0.717, 1.165) is 11.1 Å². The van der Waals surface area contributed by atoms with E-state index in [1.54, 1.807) is 18.2 Å². The van der Waals surface area contributed by atoms with Gasteiger partial charge in [0.25, 0.3) is 5.91 Å². The Hall–Kier alpha value is -3.80. The van der Waals surface area contributed by atoms with Crippen LogP contribution in [-0.2, 0) is 20.7 Å². The summed E-state index contributed by atoms with van der Waals surface area (Å²) in [4.78, 5) is 24.3. The Morgan fingerprint density at radius 3 is 2.16 bits per heavy atom. The van der Waals surface area contributed by atoms with E-state index in [1.165, 1.54) is 0 Å². The first-order valence-electron chi connectivity index (χ1n) is 10.1. The van der Waals surface area contributed by atoms with E-state index in [2.05, 4.69) is 5.32 Å². The second-order valence-electron chi connectivity index (χ2n) is 6.70. The van der Waals surface area contributed by atoms with Crippen molar-refractivity contribution < 1.29 is 23.8 Å². The second kappa shape index (κ2) is 11.4. The van der Waals surface area contributed by atoms with Crippen molar-refractivity contribution in [2.75, 3.05) is 25.1 Å². The SMILES string of the molecule is CCOc1ccccc1OCC(=O)OCC(=O)Nc1ccccc1Cc1ccccc1. The van der Waals surface area contributed by atoms with Crippen LogP contribution in [0.15, 0.2) is 78.9 Å². The molecule has 3 aromatic carbocycles. The van der Waals surface area contributed by atoms with Crippen LogP contribution in [0.3, 0.4) is 0 Å². The molecule has 3 rings (SSSR count). The number of rotatable bonds is 10. The van der Waals surface area contributed by atoms with Gasteiger partial charge in [0, 0.05) is 5.69 Å². The fourth-order valence-electron chi connectivity index (χ4n) is 2.97. The minimum absolute atomic E-state index is 0.317. The second-order valence-corrected chi connectivity index (χ2v) is 6.70. The lowest BCUT2D eigenvalue weighted by Gasteiger charge is -2.12. The van der Waals surface area contributed by atoms with Gasteiger partial charge in [-0.05, 0) is 42.7 Å². The molecule has 0 saturated heterocycles. The van der Waals surface area contributed by atoms with E-state index >= 15 is 0 Å². The molecule has 0 aliphatic heterocycles. The number of benzene rings is 3. The summed E-state index contributed by atoms with van der Waals surface area (Å²) in [7, 11) is 0. The van der Waals surface area contributed by atoms with Gasteiger partial charge in [-0.1, -0.05) is 60.7 Å². The molecule has 0 bridgehead atoms. The standard InChI is InChI=1S/C25H25NO5/c1-2-29-22-14-8-9-15-23(22)30-18-25(28)31-17-24(27)26-21-13-7-6-12-20(21)16-19-10-4-3-5-11-19/h3-15H,2,16-18H2,1H3,(H,26,27). The number of carbonyl (C=O) groups excluding carboxylic acids is 2. The Balaban J connectivity index is 1.49. The largest absolute Gasteiger partial charge is 0.490 e. The van der Waals surface area contributed by atoms with E-state index in [0.29, 0.717) is 30.2 Å². The summed E-state index contributed by atoms with van der Waals surface area (Å²) < 4.78 is 15.9. The van der Waals surface area contributed by atoms with Gasteiger partial charge in [0.2, 0.25) is 0 Å². The molecule has 0 aliphatic rings. The van der Waals surface area contributed by atoms with Crippen LogP contribution in [0.5, 0.6) is 11.5 Å². The molecule has 0 radical (unpaired) electrons. The van der Waals surface area contributed by atoms with Gasteiger partial charge < -0.3 is 19.5 Å². The zero-order chi connectivity index (χ0) is 21.9. The van der Waals surface area contributed by atoms with Gasteiger partial charge >= 0.3 is 5.97 Å². The molecule has 0 saturated carbocycles. The van der Waals surface area contributed by atoms with Crippen LogP contribution in [0.25, 0.3) is 0 Å². The van der Waals surface area contributed by atoms with Crippen LogP contribution in [0.1, 0.15) is 18.1 Å². The lowest BCUT2D eigenvalue weighted by molar-refractivity contribution is -0.149. The summed E-state index contributed by atoms with van der Waals surface area (Å²) in [6.07, 6.45) is 0.685. The van der Waals surface area contributed by atoms with E-state index in [1.807, 2.05) is 67.6 Å². The molecule has 0 aliphatic carbocycles. The fourth-order valence-corrected chi connectivity index (χ4v) is 2.97. The van der Waals surface area contributed by atoms with Gasteiger partial charge in [-0.25, -0.2) is 4.79 Å². The van der Waals surface area contributed by atoms with Gasteiger partial charge in [-0.2, -0.15) is 0 Å². The van der Waals surface area contributed by atoms with Crippen LogP contribution < -0.4 is 14.8 Å². The first-order valence-corrected chi connectivity index (χ1v) is 10.1. The first-order chi connectivity index (χ1) is 15.2. The van der Waals surface area contributed by atoms with Crippen molar-refractivity contribution in [3.8, 4) is 11.5 Å². The van der Waals surface area contributed by atoms with E-state index in [9.17, 15) is 9.59 Å². The molecule has 0 spiro atoms. The monoisotopic (exact) mass is 419 g/mol. The van der Waals surface area contributed by atoms with E-state index < -0.39 is 18.5 Å². The Morgan fingerprint density at radius 2 is 1.42 bits per heavy atom. The van der Waals surface area contributed by atoms with Gasteiger partial charge in [0.05, 0.1) is 6.61 Å². The van der Waals surface area contributed by atoms with E-state index in [4.69, 9.17) is 14.2 Å². The van der Waals surface area contributed by atoms with Crippen molar-refractivity contribution in [1.82, 2.24) is 0 Å². The number of anilines is 1. The van der Waals surface area contributed by atoms with Crippen molar-refractivity contribution in [2.24, 2.45) is 0 Å². The predicted molar refractivity (Wildman–Crippen MR) is 118 cm³/mol. The summed E-state index contributed by atoms with van der Waals surface area (Å²) in [5.74, 6) is -0.0613. The Bertz CT molecular complexity index is 1000. The number of para-hydroxylation sites is 3. The number of hydrogen-bond donors (Lipinski definition) is 1. The Kier molecular flexibility index (Phi) is 8.05. The first kappa shape index (κ1) is 21.9. The van der Waals surface area contributed by atoms with Crippen LogP contribution in [0.4, 0.5) is 5.69 Å². The van der Waals surface area contributed by atoms with Crippen LogP contribution in [-0.4, -0.2) is 31.7 Å². The molecule has 31 heavy (non-hydrogen) atoms. The third kappa shape index (κ3) is 6.89. The maximum Gasteiger partial charge on any atom is 0.344 e. The number of hydrogen-bond acceptors (Lipinski definition) is 5. The summed E-state index contributed by atoms with van der Waals surface area (Å²) in [6, 6.07) is 24.6. The van der Waals surface area contributed by atoms with Crippen molar-refractivity contribution in [1.29, 1.82) is 0 Å². The third-order valence-corrected chi connectivity index (χ3v) is 4.39. The molecule has 1 amide bonds. The minimum Gasteiger partial charge on any atom is -0.490 e. The number of nitrogens with one attached hydrogen (secondary N) is 1. The average molecular weight is 419 g/mol. The number of esters is 1. The molecular formula is C25H25NO5. The molecule has 0 unspecified atom stereocenters. The lowest BCUT2D eigenvalue weighted by Crippen LogP contribution is -2.24. The molecule has 160 valence electrons. The quantitative estimate of drug-likeness (QED) is 0.498. The van der Waals surface area contributed by atoms with Crippen molar-refractivity contribution in [2.45, 2.75) is 13.3 Å². The van der Waals surface area contributed by atoms with Gasteiger partial charge in [-0.15, -0.1) is 0 Å². The molecule has 6 heteroatoms. The normalized spacial score (nSPS) is 10.2. The van der Waals surface area contributed by atoms with Crippen LogP contribution in [0, 0.1) is 0 Å². The van der Waals surface area contributed by atoms with Gasteiger partial charge in [-0.3, -0.25) is 4.79 Å². The zero-order valence-electron chi connectivity index (χ0n) is 17.4. The van der Waals surface area contributed by atoms with Crippen LogP contribution in [0.2, 0.25) is 0 Å². The zero-order valence-corrected chi connectivity index (χ0v) is 17.4. The highest BCUT2D eigenvalue weighted by Gasteiger charge is 2.12. The maximum atomic E-state index is 12.3. The molecule has 3 aromatic rings. The highest BCUT2D eigenvalue weighted by Crippen LogP contribution is 2.26. The fraction of sp³-hybridized carbons (Fsp3) is 0.200. The highest BCUT2D eigenvalue weighted by atomic mass is 16.6. The molecular weight excluding hydrogens is 394 g/mol. The topological polar surface area (TPSA) is 73.9 Å². The molecule has 0 aromatic heterocycles. The smallest absolute Gasteiger partial charge is 0.344 e. The Morgan fingerprint density at radius 1 is 0.774 bits per heavy atom. The van der Waals surface area contributed by atoms with Crippen molar-refractivity contribution in [3.63, 3.8) is 0 Å². The third-order valence-electron chi connectivity index (χ3n) is 4.39. The Labute approximate surface area is 181 Å². The molecule has 1 N–H and O–H groups in total. The van der Waals surface area contributed by atoms with Crippen LogP contribution >= 0.6 is 0 Å². The summed E-state index contributed by atoms with van der Waals surface area (Å²) >= 11 is 0. The number of amides is 1. The summed E-state index contributed by atoms with van der Waals surface area (Å²) in [6.45, 7) is 1.63. The highest BCUT2D eigenvalue weighted by molar-refractivity contribution is 5.93. The lowest BCUT2D eigenvalue weighted by atomic mass is 10.0. The van der Waals surface area contributed by atoms with Crippen molar-refractivity contribution in [3.05, 3.63) is 90.0 Å².